The quantitative estimate of drug-likeness (QED) is 0.781. The minimum absolute atomic E-state index is 0.516. The lowest BCUT2D eigenvalue weighted by molar-refractivity contribution is 0.559. The summed E-state index contributed by atoms with van der Waals surface area (Å²) in [5, 5.41) is 0.516. The van der Waals surface area contributed by atoms with Gasteiger partial charge in [-0.3, -0.25) is 0 Å². The third-order valence-electron chi connectivity index (χ3n) is 3.67. The third-order valence-corrected chi connectivity index (χ3v) is 3.86. The van der Waals surface area contributed by atoms with Crippen molar-refractivity contribution in [3.8, 4) is 0 Å². The maximum atomic E-state index is 6.13. The average Bonchev–Trinajstić information content (AvgIpc) is 2.45. The van der Waals surface area contributed by atoms with Crippen molar-refractivity contribution in [1.29, 1.82) is 0 Å². The predicted octanol–water partition coefficient (Wildman–Crippen LogP) is 4.02. The molecule has 0 radical (unpaired) electrons. The second-order valence-electron chi connectivity index (χ2n) is 5.37. The molecule has 1 aliphatic rings. The number of benzene rings is 1. The first-order valence-electron chi connectivity index (χ1n) is 7.06. The summed E-state index contributed by atoms with van der Waals surface area (Å²) in [5.74, 6) is 2.30. The van der Waals surface area contributed by atoms with Crippen LogP contribution in [-0.2, 0) is 12.8 Å². The van der Waals surface area contributed by atoms with Gasteiger partial charge in [-0.2, -0.15) is 0 Å². The molecule has 3 nitrogen and oxygen atoms in total. The Bertz CT molecular complexity index is 627. The zero-order chi connectivity index (χ0) is 14.1. The van der Waals surface area contributed by atoms with Crippen molar-refractivity contribution in [2.24, 2.45) is 5.92 Å². The van der Waals surface area contributed by atoms with E-state index in [0.717, 1.165) is 31.0 Å². The first-order chi connectivity index (χ1) is 9.67. The Morgan fingerprint density at radius 1 is 1.30 bits per heavy atom. The van der Waals surface area contributed by atoms with Crippen LogP contribution in [0.4, 0.5) is 11.5 Å². The second-order valence-corrected chi connectivity index (χ2v) is 5.75. The lowest BCUT2D eigenvalue weighted by Crippen LogP contribution is -2.31. The van der Waals surface area contributed by atoms with Crippen LogP contribution in [0.1, 0.15) is 25.2 Å². The summed E-state index contributed by atoms with van der Waals surface area (Å²) in [6.07, 6.45) is 1.91. The lowest BCUT2D eigenvalue weighted by atomic mass is 9.94. The molecule has 0 saturated carbocycles. The Morgan fingerprint density at radius 3 is 2.90 bits per heavy atom. The van der Waals surface area contributed by atoms with Gasteiger partial charge in [0, 0.05) is 24.7 Å². The van der Waals surface area contributed by atoms with E-state index < -0.39 is 0 Å². The Labute approximate surface area is 124 Å². The minimum Gasteiger partial charge on any atom is -0.326 e. The van der Waals surface area contributed by atoms with E-state index in [9.17, 15) is 0 Å². The second kappa shape index (κ2) is 5.41. The first-order valence-corrected chi connectivity index (χ1v) is 7.44. The standard InChI is InChI=1S/C16H18ClN3/c1-3-15-18-14(17)9-16(19-15)20-10-11(2)8-12-6-4-5-7-13(12)20/h4-7,9,11H,3,8,10H2,1-2H3. The summed E-state index contributed by atoms with van der Waals surface area (Å²) in [5.41, 5.74) is 2.61. The molecule has 1 aliphatic heterocycles. The largest absolute Gasteiger partial charge is 0.326 e. The maximum absolute atomic E-state index is 6.13. The average molecular weight is 288 g/mol. The van der Waals surface area contributed by atoms with Gasteiger partial charge in [0.05, 0.1) is 0 Å². The van der Waals surface area contributed by atoms with Gasteiger partial charge in [0.15, 0.2) is 0 Å². The molecule has 1 unspecified atom stereocenters. The van der Waals surface area contributed by atoms with Crippen LogP contribution in [0.5, 0.6) is 0 Å². The number of nitrogens with zero attached hydrogens (tertiary/aromatic N) is 3. The summed E-state index contributed by atoms with van der Waals surface area (Å²) < 4.78 is 0. The monoisotopic (exact) mass is 287 g/mol. The predicted molar refractivity (Wildman–Crippen MR) is 82.7 cm³/mol. The van der Waals surface area contributed by atoms with Crippen LogP contribution in [0.2, 0.25) is 5.15 Å². The molecular formula is C16H18ClN3. The zero-order valence-electron chi connectivity index (χ0n) is 11.8. The summed E-state index contributed by atoms with van der Waals surface area (Å²) in [6, 6.07) is 10.4. The number of anilines is 2. The third kappa shape index (κ3) is 2.50. The summed E-state index contributed by atoms with van der Waals surface area (Å²) in [6.45, 7) is 5.28. The molecular weight excluding hydrogens is 270 g/mol. The van der Waals surface area contributed by atoms with E-state index in [1.807, 2.05) is 13.0 Å². The van der Waals surface area contributed by atoms with Gasteiger partial charge in [-0.25, -0.2) is 9.97 Å². The van der Waals surface area contributed by atoms with Gasteiger partial charge < -0.3 is 4.90 Å². The van der Waals surface area contributed by atoms with Crippen LogP contribution in [-0.4, -0.2) is 16.5 Å². The normalized spacial score (nSPS) is 17.9. The molecule has 0 fully saturated rings. The highest BCUT2D eigenvalue weighted by atomic mass is 35.5. The number of rotatable bonds is 2. The molecule has 3 rings (SSSR count). The molecule has 2 heterocycles. The molecule has 4 heteroatoms. The highest BCUT2D eigenvalue weighted by Crippen LogP contribution is 2.34. The van der Waals surface area contributed by atoms with Crippen LogP contribution in [0.3, 0.4) is 0 Å². The van der Waals surface area contributed by atoms with E-state index in [1.54, 1.807) is 0 Å². The molecule has 1 atom stereocenters. The topological polar surface area (TPSA) is 29.0 Å². The molecule has 1 aromatic carbocycles. The molecule has 0 N–H and O–H groups in total. The fraction of sp³-hybridized carbons (Fsp3) is 0.375. The maximum Gasteiger partial charge on any atom is 0.138 e. The van der Waals surface area contributed by atoms with Crippen molar-refractivity contribution in [3.05, 3.63) is 46.9 Å². The van der Waals surface area contributed by atoms with Gasteiger partial charge in [0.1, 0.15) is 16.8 Å². The van der Waals surface area contributed by atoms with E-state index in [-0.39, 0.29) is 0 Å². The summed E-state index contributed by atoms with van der Waals surface area (Å²) in [7, 11) is 0. The Kier molecular flexibility index (Phi) is 3.62. The van der Waals surface area contributed by atoms with E-state index >= 15 is 0 Å². The first kappa shape index (κ1) is 13.4. The molecule has 0 spiro atoms. The van der Waals surface area contributed by atoms with E-state index in [1.165, 1.54) is 11.3 Å². The Morgan fingerprint density at radius 2 is 2.10 bits per heavy atom. The molecule has 0 amide bonds. The number of aryl methyl sites for hydroxylation is 1. The minimum atomic E-state index is 0.516. The highest BCUT2D eigenvalue weighted by Gasteiger charge is 2.23. The van der Waals surface area contributed by atoms with Gasteiger partial charge in [-0.1, -0.05) is 43.6 Å². The van der Waals surface area contributed by atoms with Crippen molar-refractivity contribution in [3.63, 3.8) is 0 Å². The van der Waals surface area contributed by atoms with E-state index in [4.69, 9.17) is 11.6 Å². The van der Waals surface area contributed by atoms with Crippen molar-refractivity contribution in [1.82, 2.24) is 9.97 Å². The van der Waals surface area contributed by atoms with Crippen LogP contribution in [0.25, 0.3) is 0 Å². The Hall–Kier alpha value is -1.61. The molecule has 20 heavy (non-hydrogen) atoms. The van der Waals surface area contributed by atoms with Crippen molar-refractivity contribution in [2.75, 3.05) is 11.4 Å². The molecule has 104 valence electrons. The van der Waals surface area contributed by atoms with Crippen molar-refractivity contribution >= 4 is 23.1 Å². The fourth-order valence-corrected chi connectivity index (χ4v) is 2.96. The SMILES string of the molecule is CCc1nc(Cl)cc(N2CC(C)Cc3ccccc32)n1. The molecule has 2 aromatic rings. The lowest BCUT2D eigenvalue weighted by Gasteiger charge is -2.34. The molecule has 0 aliphatic carbocycles. The van der Waals surface area contributed by atoms with Crippen LogP contribution in [0.15, 0.2) is 30.3 Å². The fourth-order valence-electron chi connectivity index (χ4n) is 2.76. The van der Waals surface area contributed by atoms with E-state index in [2.05, 4.69) is 46.1 Å². The smallest absolute Gasteiger partial charge is 0.138 e. The van der Waals surface area contributed by atoms with Crippen LogP contribution >= 0.6 is 11.6 Å². The number of halogens is 1. The number of hydrogen-bond acceptors (Lipinski definition) is 3. The highest BCUT2D eigenvalue weighted by molar-refractivity contribution is 6.29. The van der Waals surface area contributed by atoms with E-state index in [0.29, 0.717) is 11.1 Å². The van der Waals surface area contributed by atoms with Gasteiger partial charge in [-0.05, 0) is 24.0 Å². The van der Waals surface area contributed by atoms with Crippen molar-refractivity contribution in [2.45, 2.75) is 26.7 Å². The van der Waals surface area contributed by atoms with Gasteiger partial charge in [-0.15, -0.1) is 0 Å². The summed E-state index contributed by atoms with van der Waals surface area (Å²) in [4.78, 5) is 11.1. The van der Waals surface area contributed by atoms with Gasteiger partial charge in [0.25, 0.3) is 0 Å². The summed E-state index contributed by atoms with van der Waals surface area (Å²) >= 11 is 6.13. The molecule has 0 saturated heterocycles. The Balaban J connectivity index is 2.08. The molecule has 0 bridgehead atoms. The molecule has 1 aromatic heterocycles. The number of hydrogen-bond donors (Lipinski definition) is 0. The number of para-hydroxylation sites is 1. The zero-order valence-corrected chi connectivity index (χ0v) is 12.6. The van der Waals surface area contributed by atoms with Gasteiger partial charge in [0.2, 0.25) is 0 Å². The number of fused-ring (bicyclic) bond motifs is 1. The van der Waals surface area contributed by atoms with Crippen LogP contribution in [0, 0.1) is 5.92 Å². The van der Waals surface area contributed by atoms with Gasteiger partial charge >= 0.3 is 0 Å². The van der Waals surface area contributed by atoms with Crippen LogP contribution < -0.4 is 4.90 Å². The van der Waals surface area contributed by atoms with Crippen molar-refractivity contribution < 1.29 is 0 Å². The number of aromatic nitrogens is 2.